The summed E-state index contributed by atoms with van der Waals surface area (Å²) >= 11 is 0. The SMILES string of the molecule is Cc1cc(N(CC(C)C(=O)O)C(=O)C2CCCO2)no1. The van der Waals surface area contributed by atoms with Crippen molar-refractivity contribution in [2.75, 3.05) is 18.1 Å². The molecule has 0 spiro atoms. The number of hydrogen-bond donors (Lipinski definition) is 1. The lowest BCUT2D eigenvalue weighted by Gasteiger charge is -2.24. The minimum Gasteiger partial charge on any atom is -0.481 e. The lowest BCUT2D eigenvalue weighted by atomic mass is 10.1. The molecular formula is C13H18N2O5. The Balaban J connectivity index is 2.19. The van der Waals surface area contributed by atoms with E-state index in [-0.39, 0.29) is 12.5 Å². The van der Waals surface area contributed by atoms with E-state index in [0.29, 0.717) is 24.6 Å². The van der Waals surface area contributed by atoms with Gasteiger partial charge in [-0.15, -0.1) is 0 Å². The first kappa shape index (κ1) is 14.5. The summed E-state index contributed by atoms with van der Waals surface area (Å²) in [6, 6.07) is 1.61. The van der Waals surface area contributed by atoms with Crippen LogP contribution in [-0.4, -0.2) is 41.4 Å². The summed E-state index contributed by atoms with van der Waals surface area (Å²) in [4.78, 5) is 24.8. The molecule has 2 heterocycles. The number of rotatable bonds is 5. The number of hydrogen-bond acceptors (Lipinski definition) is 5. The number of nitrogens with zero attached hydrogens (tertiary/aromatic N) is 2. The van der Waals surface area contributed by atoms with E-state index in [1.165, 1.54) is 4.90 Å². The molecule has 0 saturated carbocycles. The maximum absolute atomic E-state index is 12.4. The van der Waals surface area contributed by atoms with Crippen molar-refractivity contribution in [2.45, 2.75) is 32.8 Å². The number of aromatic nitrogens is 1. The molecule has 1 N–H and O–H groups in total. The first-order chi connectivity index (χ1) is 9.49. The zero-order valence-corrected chi connectivity index (χ0v) is 11.5. The number of aryl methyl sites for hydroxylation is 1. The fourth-order valence-electron chi connectivity index (χ4n) is 2.08. The molecule has 0 aliphatic carbocycles. The molecular weight excluding hydrogens is 264 g/mol. The highest BCUT2D eigenvalue weighted by atomic mass is 16.5. The van der Waals surface area contributed by atoms with Crippen LogP contribution in [0.3, 0.4) is 0 Å². The van der Waals surface area contributed by atoms with Gasteiger partial charge in [0.25, 0.3) is 5.91 Å². The molecule has 1 aromatic heterocycles. The minimum absolute atomic E-state index is 0.0417. The second-order valence-electron chi connectivity index (χ2n) is 4.99. The van der Waals surface area contributed by atoms with Gasteiger partial charge in [0.2, 0.25) is 0 Å². The Labute approximate surface area is 116 Å². The van der Waals surface area contributed by atoms with Crippen LogP contribution in [0.4, 0.5) is 5.82 Å². The van der Waals surface area contributed by atoms with Crippen LogP contribution in [0.25, 0.3) is 0 Å². The van der Waals surface area contributed by atoms with Crippen molar-refractivity contribution in [1.82, 2.24) is 5.16 Å². The largest absolute Gasteiger partial charge is 0.481 e. The van der Waals surface area contributed by atoms with Crippen LogP contribution in [0.15, 0.2) is 10.6 Å². The summed E-state index contributed by atoms with van der Waals surface area (Å²) in [7, 11) is 0. The lowest BCUT2D eigenvalue weighted by Crippen LogP contribution is -2.43. The summed E-state index contributed by atoms with van der Waals surface area (Å²) in [5.74, 6) is -1.03. The van der Waals surface area contributed by atoms with Gasteiger partial charge in [-0.3, -0.25) is 14.5 Å². The van der Waals surface area contributed by atoms with Crippen molar-refractivity contribution in [3.8, 4) is 0 Å². The molecule has 20 heavy (non-hydrogen) atoms. The molecule has 0 radical (unpaired) electrons. The van der Waals surface area contributed by atoms with Gasteiger partial charge >= 0.3 is 5.97 Å². The summed E-state index contributed by atoms with van der Waals surface area (Å²) in [6.45, 7) is 3.85. The molecule has 1 fully saturated rings. The number of carbonyl (C=O) groups is 2. The molecule has 1 amide bonds. The van der Waals surface area contributed by atoms with Gasteiger partial charge in [-0.1, -0.05) is 12.1 Å². The van der Waals surface area contributed by atoms with Gasteiger partial charge in [0.15, 0.2) is 5.82 Å². The quantitative estimate of drug-likeness (QED) is 0.872. The highest BCUT2D eigenvalue weighted by Gasteiger charge is 2.32. The van der Waals surface area contributed by atoms with Crippen LogP contribution in [-0.2, 0) is 14.3 Å². The van der Waals surface area contributed by atoms with Gasteiger partial charge in [0.05, 0.1) is 5.92 Å². The molecule has 0 aromatic carbocycles. The van der Waals surface area contributed by atoms with Crippen LogP contribution in [0.1, 0.15) is 25.5 Å². The molecule has 1 aromatic rings. The number of ether oxygens (including phenoxy) is 1. The predicted octanol–water partition coefficient (Wildman–Crippen LogP) is 1.22. The van der Waals surface area contributed by atoms with E-state index in [1.54, 1.807) is 19.9 Å². The average Bonchev–Trinajstić information content (AvgIpc) is 3.05. The molecule has 2 unspecified atom stereocenters. The van der Waals surface area contributed by atoms with Crippen molar-refractivity contribution >= 4 is 17.7 Å². The third-order valence-electron chi connectivity index (χ3n) is 3.24. The van der Waals surface area contributed by atoms with Crippen molar-refractivity contribution in [2.24, 2.45) is 5.92 Å². The first-order valence-electron chi connectivity index (χ1n) is 6.58. The maximum atomic E-state index is 12.4. The van der Waals surface area contributed by atoms with E-state index < -0.39 is 18.0 Å². The minimum atomic E-state index is -0.963. The molecule has 7 nitrogen and oxygen atoms in total. The van der Waals surface area contributed by atoms with E-state index in [9.17, 15) is 9.59 Å². The Morgan fingerprint density at radius 3 is 2.85 bits per heavy atom. The topological polar surface area (TPSA) is 92.9 Å². The van der Waals surface area contributed by atoms with Crippen molar-refractivity contribution in [3.63, 3.8) is 0 Å². The summed E-state index contributed by atoms with van der Waals surface area (Å²) in [6.07, 6.45) is 0.956. The van der Waals surface area contributed by atoms with Gasteiger partial charge in [-0.05, 0) is 19.8 Å². The Morgan fingerprint density at radius 1 is 1.60 bits per heavy atom. The van der Waals surface area contributed by atoms with Crippen molar-refractivity contribution < 1.29 is 24.0 Å². The second kappa shape index (κ2) is 6.04. The van der Waals surface area contributed by atoms with Gasteiger partial charge in [-0.25, -0.2) is 0 Å². The number of amides is 1. The van der Waals surface area contributed by atoms with Gasteiger partial charge in [0.1, 0.15) is 11.9 Å². The molecule has 1 aliphatic rings. The standard InChI is InChI=1S/C13H18N2O5/c1-8(13(17)18)7-15(11-6-9(2)20-14-11)12(16)10-4-3-5-19-10/h6,8,10H,3-5,7H2,1-2H3,(H,17,18). The van der Waals surface area contributed by atoms with Crippen molar-refractivity contribution in [1.29, 1.82) is 0 Å². The Bertz CT molecular complexity index is 493. The van der Waals surface area contributed by atoms with E-state index >= 15 is 0 Å². The second-order valence-corrected chi connectivity index (χ2v) is 4.99. The summed E-state index contributed by atoms with van der Waals surface area (Å²) in [5, 5.41) is 12.8. The molecule has 2 atom stereocenters. The summed E-state index contributed by atoms with van der Waals surface area (Å²) < 4.78 is 10.3. The molecule has 110 valence electrons. The monoisotopic (exact) mass is 282 g/mol. The molecule has 2 rings (SSSR count). The van der Waals surface area contributed by atoms with Crippen LogP contribution in [0.5, 0.6) is 0 Å². The fraction of sp³-hybridized carbons (Fsp3) is 0.615. The number of carboxylic acids is 1. The van der Waals surface area contributed by atoms with E-state index in [4.69, 9.17) is 14.4 Å². The van der Waals surface area contributed by atoms with Crippen molar-refractivity contribution in [3.05, 3.63) is 11.8 Å². The highest BCUT2D eigenvalue weighted by molar-refractivity contribution is 5.96. The van der Waals surface area contributed by atoms with E-state index in [2.05, 4.69) is 5.16 Å². The smallest absolute Gasteiger partial charge is 0.308 e. The maximum Gasteiger partial charge on any atom is 0.308 e. The zero-order valence-electron chi connectivity index (χ0n) is 11.5. The molecule has 1 aliphatic heterocycles. The van der Waals surface area contributed by atoms with Crippen LogP contribution in [0, 0.1) is 12.8 Å². The molecule has 0 bridgehead atoms. The van der Waals surface area contributed by atoms with E-state index in [1.807, 2.05) is 0 Å². The van der Waals surface area contributed by atoms with Crippen LogP contribution >= 0.6 is 0 Å². The number of carbonyl (C=O) groups excluding carboxylic acids is 1. The van der Waals surface area contributed by atoms with Gasteiger partial charge < -0.3 is 14.4 Å². The van der Waals surface area contributed by atoms with Gasteiger partial charge in [0, 0.05) is 19.2 Å². The number of carboxylic acid groups (broad SMARTS) is 1. The fourth-order valence-corrected chi connectivity index (χ4v) is 2.08. The Hall–Kier alpha value is -1.89. The Kier molecular flexibility index (Phi) is 4.39. The molecule has 7 heteroatoms. The highest BCUT2D eigenvalue weighted by Crippen LogP contribution is 2.21. The van der Waals surface area contributed by atoms with Crippen LogP contribution < -0.4 is 4.90 Å². The third-order valence-corrected chi connectivity index (χ3v) is 3.24. The average molecular weight is 282 g/mol. The predicted molar refractivity (Wildman–Crippen MR) is 69.4 cm³/mol. The number of aliphatic carboxylic acids is 1. The van der Waals surface area contributed by atoms with Crippen LogP contribution in [0.2, 0.25) is 0 Å². The first-order valence-corrected chi connectivity index (χ1v) is 6.58. The molecule has 1 saturated heterocycles. The summed E-state index contributed by atoms with van der Waals surface area (Å²) in [5.41, 5.74) is 0. The zero-order chi connectivity index (χ0) is 14.7. The normalized spacial score (nSPS) is 19.8. The number of anilines is 1. The lowest BCUT2D eigenvalue weighted by molar-refractivity contribution is -0.140. The Morgan fingerprint density at radius 2 is 2.35 bits per heavy atom. The van der Waals surface area contributed by atoms with Gasteiger partial charge in [-0.2, -0.15) is 0 Å². The van der Waals surface area contributed by atoms with E-state index in [0.717, 1.165) is 6.42 Å². The third kappa shape index (κ3) is 3.16.